The normalized spacial score (nSPS) is 21.6. The zero-order valence-corrected chi connectivity index (χ0v) is 13.8. The molecular weight excluding hydrogens is 304 g/mol. The van der Waals surface area contributed by atoms with Crippen LogP contribution in [-0.2, 0) is 0 Å². The molecule has 1 fully saturated rings. The van der Waals surface area contributed by atoms with Crippen LogP contribution in [0.25, 0.3) is 0 Å². The highest BCUT2D eigenvalue weighted by Crippen LogP contribution is 2.26. The quantitative estimate of drug-likeness (QED) is 0.808. The molecule has 0 aliphatic carbocycles. The van der Waals surface area contributed by atoms with Gasteiger partial charge in [-0.3, -0.25) is 4.79 Å². The molecular formula is C16H19ClN2OS. The molecule has 0 bridgehead atoms. The first-order valence-electron chi connectivity index (χ1n) is 6.94. The van der Waals surface area contributed by atoms with Crippen molar-refractivity contribution in [1.29, 1.82) is 0 Å². The second-order valence-electron chi connectivity index (χ2n) is 5.17. The first-order chi connectivity index (χ1) is 10.0. The van der Waals surface area contributed by atoms with Crippen molar-refractivity contribution < 1.29 is 4.79 Å². The number of halogens is 1. The molecule has 3 nitrogen and oxygen atoms in total. The minimum Gasteiger partial charge on any atom is -0.336 e. The summed E-state index contributed by atoms with van der Waals surface area (Å²) in [4.78, 5) is 14.5. The van der Waals surface area contributed by atoms with Crippen LogP contribution in [0.5, 0.6) is 0 Å². The van der Waals surface area contributed by atoms with Crippen molar-refractivity contribution in [1.82, 2.24) is 4.90 Å². The molecule has 2 atom stereocenters. The minimum atomic E-state index is 0.0363. The minimum absolute atomic E-state index is 0.0363. The Kier molecular flexibility index (Phi) is 5.58. The predicted octanol–water partition coefficient (Wildman–Crippen LogP) is 2.62. The number of carbonyl (C=O) groups is 1. The van der Waals surface area contributed by atoms with Gasteiger partial charge in [-0.05, 0) is 18.2 Å². The Bertz CT molecular complexity index is 584. The summed E-state index contributed by atoms with van der Waals surface area (Å²) < 4.78 is 0. The van der Waals surface area contributed by atoms with Crippen LogP contribution < -0.4 is 5.73 Å². The van der Waals surface area contributed by atoms with Crippen molar-refractivity contribution >= 4 is 29.3 Å². The first kappa shape index (κ1) is 16.2. The molecule has 1 aromatic carbocycles. The van der Waals surface area contributed by atoms with Gasteiger partial charge < -0.3 is 10.6 Å². The van der Waals surface area contributed by atoms with Crippen molar-refractivity contribution in [2.24, 2.45) is 5.73 Å². The van der Waals surface area contributed by atoms with E-state index in [9.17, 15) is 4.79 Å². The monoisotopic (exact) mass is 322 g/mol. The Balaban J connectivity index is 2.18. The summed E-state index contributed by atoms with van der Waals surface area (Å²) in [5, 5.41) is 1.42. The van der Waals surface area contributed by atoms with E-state index in [4.69, 9.17) is 17.3 Å². The van der Waals surface area contributed by atoms with Gasteiger partial charge in [0.1, 0.15) is 0 Å². The summed E-state index contributed by atoms with van der Waals surface area (Å²) in [6, 6.07) is 5.26. The van der Waals surface area contributed by atoms with Gasteiger partial charge in [0.15, 0.2) is 0 Å². The molecule has 5 heteroatoms. The highest BCUT2D eigenvalue weighted by molar-refractivity contribution is 8.00. The van der Waals surface area contributed by atoms with Gasteiger partial charge >= 0.3 is 0 Å². The van der Waals surface area contributed by atoms with Crippen molar-refractivity contribution in [3.63, 3.8) is 0 Å². The number of hydrogen-bond donors (Lipinski definition) is 1. The van der Waals surface area contributed by atoms with E-state index >= 15 is 0 Å². The van der Waals surface area contributed by atoms with Crippen molar-refractivity contribution in [2.45, 2.75) is 24.3 Å². The van der Waals surface area contributed by atoms with Crippen LogP contribution in [-0.4, -0.2) is 40.9 Å². The fraction of sp³-hybridized carbons (Fsp3) is 0.438. The fourth-order valence-electron chi connectivity index (χ4n) is 2.42. The molecule has 2 rings (SSSR count). The zero-order valence-electron chi connectivity index (χ0n) is 12.2. The molecule has 2 N–H and O–H groups in total. The average Bonchev–Trinajstić information content (AvgIpc) is 2.44. The Morgan fingerprint density at radius 2 is 2.10 bits per heavy atom. The van der Waals surface area contributed by atoms with E-state index in [1.54, 1.807) is 18.2 Å². The van der Waals surface area contributed by atoms with Gasteiger partial charge in [-0.1, -0.05) is 37.3 Å². The Hall–Kier alpha value is -1.15. The van der Waals surface area contributed by atoms with E-state index in [2.05, 4.69) is 25.7 Å². The third-order valence-corrected chi connectivity index (χ3v) is 4.79. The number of nitrogens with zero attached hydrogens (tertiary/aromatic N) is 1. The number of hydrogen-bond acceptors (Lipinski definition) is 3. The molecule has 1 aromatic rings. The molecule has 1 saturated heterocycles. The third-order valence-electron chi connectivity index (χ3n) is 3.25. The summed E-state index contributed by atoms with van der Waals surface area (Å²) in [7, 11) is 0. The van der Waals surface area contributed by atoms with E-state index < -0.39 is 0 Å². The smallest absolute Gasteiger partial charge is 0.253 e. The fourth-order valence-corrected chi connectivity index (χ4v) is 3.98. The number of benzene rings is 1. The van der Waals surface area contributed by atoms with Crippen molar-refractivity contribution in [3.05, 3.63) is 34.3 Å². The number of carbonyl (C=O) groups excluding carboxylic acids is 1. The van der Waals surface area contributed by atoms with Crippen LogP contribution >= 0.6 is 23.4 Å². The van der Waals surface area contributed by atoms with Crippen LogP contribution in [0.15, 0.2) is 18.2 Å². The lowest BCUT2D eigenvalue weighted by Gasteiger charge is -2.34. The zero-order chi connectivity index (χ0) is 15.4. The lowest BCUT2D eigenvalue weighted by Crippen LogP contribution is -2.44. The number of rotatable bonds is 1. The van der Waals surface area contributed by atoms with Gasteiger partial charge in [0, 0.05) is 34.7 Å². The lowest BCUT2D eigenvalue weighted by molar-refractivity contribution is 0.0753. The number of thioether (sulfide) groups is 1. The summed E-state index contributed by atoms with van der Waals surface area (Å²) in [5.74, 6) is 5.70. The second kappa shape index (κ2) is 7.22. The van der Waals surface area contributed by atoms with Crippen LogP contribution in [0.4, 0.5) is 0 Å². The molecule has 1 heterocycles. The van der Waals surface area contributed by atoms with Crippen LogP contribution in [0.3, 0.4) is 0 Å². The lowest BCUT2D eigenvalue weighted by atomic mass is 10.1. The predicted molar refractivity (Wildman–Crippen MR) is 89.8 cm³/mol. The van der Waals surface area contributed by atoms with Gasteiger partial charge in [-0.15, -0.1) is 0 Å². The molecule has 1 amide bonds. The van der Waals surface area contributed by atoms with Gasteiger partial charge in [-0.2, -0.15) is 11.8 Å². The van der Waals surface area contributed by atoms with Crippen molar-refractivity contribution in [3.8, 4) is 11.8 Å². The number of amides is 1. The standard InChI is InChI=1S/C16H19ClN2OS/c1-11-9-19(10-12(2)21-11)16(20)14-6-5-13(4-3-7-18)15(17)8-14/h5-6,8,11-12H,7,9-10,18H2,1-2H3. The van der Waals surface area contributed by atoms with Gasteiger partial charge in [0.25, 0.3) is 5.91 Å². The van der Waals surface area contributed by atoms with Gasteiger partial charge in [0.05, 0.1) is 11.6 Å². The molecule has 21 heavy (non-hydrogen) atoms. The molecule has 1 aliphatic rings. The van der Waals surface area contributed by atoms with E-state index in [1.165, 1.54) is 0 Å². The van der Waals surface area contributed by atoms with Gasteiger partial charge in [0.2, 0.25) is 0 Å². The van der Waals surface area contributed by atoms with E-state index in [1.807, 2.05) is 16.7 Å². The Morgan fingerprint density at radius 1 is 1.43 bits per heavy atom. The van der Waals surface area contributed by atoms with Crippen LogP contribution in [0.2, 0.25) is 5.02 Å². The molecule has 0 aromatic heterocycles. The molecule has 0 spiro atoms. The SMILES string of the molecule is CC1CN(C(=O)c2ccc(C#CCN)c(Cl)c2)CC(C)S1. The Morgan fingerprint density at radius 3 is 2.67 bits per heavy atom. The van der Waals surface area contributed by atoms with E-state index in [-0.39, 0.29) is 12.5 Å². The molecule has 112 valence electrons. The highest BCUT2D eigenvalue weighted by atomic mass is 35.5. The summed E-state index contributed by atoms with van der Waals surface area (Å²) >= 11 is 8.11. The molecule has 1 aliphatic heterocycles. The maximum absolute atomic E-state index is 12.6. The highest BCUT2D eigenvalue weighted by Gasteiger charge is 2.26. The summed E-state index contributed by atoms with van der Waals surface area (Å²) in [5.41, 5.74) is 6.67. The maximum atomic E-state index is 12.6. The van der Waals surface area contributed by atoms with Crippen LogP contribution in [0.1, 0.15) is 29.8 Å². The third kappa shape index (κ3) is 4.16. The largest absolute Gasteiger partial charge is 0.336 e. The molecule has 0 saturated carbocycles. The summed E-state index contributed by atoms with van der Waals surface area (Å²) in [6.07, 6.45) is 0. The summed E-state index contributed by atoms with van der Waals surface area (Å²) in [6.45, 7) is 6.15. The van der Waals surface area contributed by atoms with Crippen molar-refractivity contribution in [2.75, 3.05) is 19.6 Å². The van der Waals surface area contributed by atoms with Gasteiger partial charge in [-0.25, -0.2) is 0 Å². The van der Waals surface area contributed by atoms with E-state index in [0.717, 1.165) is 13.1 Å². The van der Waals surface area contributed by atoms with E-state index in [0.29, 0.717) is 26.6 Å². The van der Waals surface area contributed by atoms with Crippen LogP contribution in [0, 0.1) is 11.8 Å². The number of nitrogens with two attached hydrogens (primary N) is 1. The average molecular weight is 323 g/mol. The Labute approximate surface area is 135 Å². The molecule has 2 unspecified atom stereocenters. The topological polar surface area (TPSA) is 46.3 Å². The maximum Gasteiger partial charge on any atom is 0.253 e. The molecule has 0 radical (unpaired) electrons. The second-order valence-corrected chi connectivity index (χ2v) is 7.46. The first-order valence-corrected chi connectivity index (χ1v) is 8.26.